The van der Waals surface area contributed by atoms with Gasteiger partial charge in [0.05, 0.1) is 26.7 Å². The fraction of sp³-hybridized carbons (Fsp3) is 0.500. The normalized spacial score (nSPS) is 21.2. The van der Waals surface area contributed by atoms with E-state index in [1.165, 1.54) is 0 Å². The first kappa shape index (κ1) is 13.2. The predicted octanol–water partition coefficient (Wildman–Crippen LogP) is 1.57. The van der Waals surface area contributed by atoms with Gasteiger partial charge in [0.15, 0.2) is 0 Å². The van der Waals surface area contributed by atoms with Crippen LogP contribution in [0.1, 0.15) is 0 Å². The quantitative estimate of drug-likeness (QED) is 0.897. The smallest absolute Gasteiger partial charge is 0.150 e. The number of thiophene rings is 1. The standard InChI is InChI=1S/C12H15BrN4OS/c1-16-2-3-17(8(5-16)6-18)12-11-9(14-7-15-12)4-10(13)19-11/h4,7-8,18H,2-3,5-6H2,1H3. The average Bonchev–Trinajstić information content (AvgIpc) is 2.78. The number of aliphatic hydroxyl groups is 1. The van der Waals surface area contributed by atoms with Crippen LogP contribution in [0.25, 0.3) is 10.2 Å². The fourth-order valence-electron chi connectivity index (χ4n) is 2.46. The summed E-state index contributed by atoms with van der Waals surface area (Å²) in [4.78, 5) is 13.2. The van der Waals surface area contributed by atoms with Crippen LogP contribution in [0.3, 0.4) is 0 Å². The van der Waals surface area contributed by atoms with Crippen molar-refractivity contribution in [2.24, 2.45) is 0 Å². The van der Waals surface area contributed by atoms with Crippen LogP contribution in [0.4, 0.5) is 5.82 Å². The molecule has 2 aromatic heterocycles. The third-order valence-electron chi connectivity index (χ3n) is 3.43. The number of likely N-dealkylation sites (N-methyl/N-ethyl adjacent to an activating group) is 1. The topological polar surface area (TPSA) is 52.5 Å². The van der Waals surface area contributed by atoms with Crippen molar-refractivity contribution in [2.75, 3.05) is 38.2 Å². The number of hydrogen-bond acceptors (Lipinski definition) is 6. The molecule has 0 aromatic carbocycles. The molecule has 1 saturated heterocycles. The lowest BCUT2D eigenvalue weighted by atomic mass is 10.2. The Morgan fingerprint density at radius 2 is 2.32 bits per heavy atom. The summed E-state index contributed by atoms with van der Waals surface area (Å²) in [6.45, 7) is 2.86. The van der Waals surface area contributed by atoms with Crippen LogP contribution < -0.4 is 4.90 Å². The van der Waals surface area contributed by atoms with Crippen molar-refractivity contribution in [3.05, 3.63) is 16.2 Å². The number of aromatic nitrogens is 2. The van der Waals surface area contributed by atoms with E-state index in [1.54, 1.807) is 17.7 Å². The van der Waals surface area contributed by atoms with Gasteiger partial charge in [0.25, 0.3) is 0 Å². The second-order valence-electron chi connectivity index (χ2n) is 4.75. The van der Waals surface area contributed by atoms with Crippen molar-refractivity contribution < 1.29 is 5.11 Å². The molecule has 1 N–H and O–H groups in total. The summed E-state index contributed by atoms with van der Waals surface area (Å²) >= 11 is 5.14. The van der Waals surface area contributed by atoms with E-state index in [9.17, 15) is 5.11 Å². The van der Waals surface area contributed by atoms with E-state index < -0.39 is 0 Å². The minimum atomic E-state index is 0.0951. The van der Waals surface area contributed by atoms with Gasteiger partial charge in [0.1, 0.15) is 12.1 Å². The number of fused-ring (bicyclic) bond motifs is 1. The third-order valence-corrected chi connectivity index (χ3v) is 5.05. The van der Waals surface area contributed by atoms with Gasteiger partial charge in [-0.05, 0) is 29.0 Å². The summed E-state index contributed by atoms with van der Waals surface area (Å²) < 4.78 is 2.14. The maximum absolute atomic E-state index is 9.60. The molecule has 1 aliphatic rings. The first-order valence-electron chi connectivity index (χ1n) is 6.15. The molecule has 1 fully saturated rings. The van der Waals surface area contributed by atoms with Crippen molar-refractivity contribution in [1.29, 1.82) is 0 Å². The molecular formula is C12H15BrN4OS. The Labute approximate surface area is 124 Å². The summed E-state index contributed by atoms with van der Waals surface area (Å²) in [5.74, 6) is 0.938. The molecule has 0 radical (unpaired) electrons. The predicted molar refractivity (Wildman–Crippen MR) is 80.8 cm³/mol. The summed E-state index contributed by atoms with van der Waals surface area (Å²) in [6, 6.07) is 2.10. The highest BCUT2D eigenvalue weighted by Crippen LogP contribution is 2.35. The number of hydrogen-bond donors (Lipinski definition) is 1. The Morgan fingerprint density at radius 1 is 1.47 bits per heavy atom. The van der Waals surface area contributed by atoms with Crippen molar-refractivity contribution in [1.82, 2.24) is 14.9 Å². The number of piperazine rings is 1. The second kappa shape index (κ2) is 5.32. The van der Waals surface area contributed by atoms with Crippen LogP contribution in [0.15, 0.2) is 16.2 Å². The summed E-state index contributed by atoms with van der Waals surface area (Å²) in [5, 5.41) is 9.60. The summed E-state index contributed by atoms with van der Waals surface area (Å²) in [6.07, 6.45) is 1.60. The van der Waals surface area contributed by atoms with E-state index in [0.29, 0.717) is 0 Å². The van der Waals surface area contributed by atoms with E-state index >= 15 is 0 Å². The number of anilines is 1. The Kier molecular flexibility index (Phi) is 3.70. The zero-order valence-corrected chi connectivity index (χ0v) is 13.0. The lowest BCUT2D eigenvalue weighted by molar-refractivity contribution is 0.190. The summed E-state index contributed by atoms with van der Waals surface area (Å²) in [7, 11) is 2.08. The Hall–Kier alpha value is -0.760. The van der Waals surface area contributed by atoms with Crippen molar-refractivity contribution in [3.8, 4) is 0 Å². The van der Waals surface area contributed by atoms with E-state index in [1.807, 2.05) is 6.07 Å². The average molecular weight is 343 g/mol. The molecule has 102 valence electrons. The highest BCUT2D eigenvalue weighted by Gasteiger charge is 2.27. The van der Waals surface area contributed by atoms with Gasteiger partial charge in [-0.15, -0.1) is 11.3 Å². The van der Waals surface area contributed by atoms with Gasteiger partial charge >= 0.3 is 0 Å². The van der Waals surface area contributed by atoms with Crippen molar-refractivity contribution >= 4 is 43.3 Å². The Morgan fingerprint density at radius 3 is 3.11 bits per heavy atom. The molecule has 0 amide bonds. The monoisotopic (exact) mass is 342 g/mol. The molecule has 3 rings (SSSR count). The van der Waals surface area contributed by atoms with Crippen LogP contribution in [0, 0.1) is 0 Å². The molecule has 1 atom stereocenters. The van der Waals surface area contributed by atoms with Crippen LogP contribution in [0.5, 0.6) is 0 Å². The maximum atomic E-state index is 9.60. The van der Waals surface area contributed by atoms with Crippen LogP contribution >= 0.6 is 27.3 Å². The fourth-order valence-corrected chi connectivity index (χ4v) is 4.01. The van der Waals surface area contributed by atoms with Gasteiger partial charge in [-0.3, -0.25) is 0 Å². The van der Waals surface area contributed by atoms with Gasteiger partial charge in [-0.2, -0.15) is 0 Å². The molecule has 1 aliphatic heterocycles. The number of aliphatic hydroxyl groups excluding tert-OH is 1. The number of rotatable bonds is 2. The van der Waals surface area contributed by atoms with Crippen molar-refractivity contribution in [3.63, 3.8) is 0 Å². The molecule has 3 heterocycles. The highest BCUT2D eigenvalue weighted by molar-refractivity contribution is 9.11. The van der Waals surface area contributed by atoms with Crippen LogP contribution in [-0.4, -0.2) is 59.3 Å². The first-order valence-corrected chi connectivity index (χ1v) is 7.76. The SMILES string of the molecule is CN1CCN(c2ncnc3cc(Br)sc23)C(CO)C1. The molecule has 1 unspecified atom stereocenters. The van der Waals surface area contributed by atoms with Gasteiger partial charge in [0, 0.05) is 19.6 Å². The Bertz CT molecular complexity index is 590. The number of nitrogens with zero attached hydrogens (tertiary/aromatic N) is 4. The zero-order chi connectivity index (χ0) is 13.4. The van der Waals surface area contributed by atoms with Gasteiger partial charge in [-0.25, -0.2) is 9.97 Å². The lowest BCUT2D eigenvalue weighted by Crippen LogP contribution is -2.53. The molecule has 2 aromatic rings. The molecule has 0 bridgehead atoms. The third kappa shape index (κ3) is 2.47. The van der Waals surface area contributed by atoms with Crippen LogP contribution in [-0.2, 0) is 0 Å². The number of halogens is 1. The molecule has 0 aliphatic carbocycles. The van der Waals surface area contributed by atoms with Crippen molar-refractivity contribution in [2.45, 2.75) is 6.04 Å². The molecule has 19 heavy (non-hydrogen) atoms. The first-order chi connectivity index (χ1) is 9.19. The van der Waals surface area contributed by atoms with E-state index in [0.717, 1.165) is 39.5 Å². The molecule has 5 nitrogen and oxygen atoms in total. The van der Waals surface area contributed by atoms with E-state index in [2.05, 4.69) is 42.7 Å². The second-order valence-corrected chi connectivity index (χ2v) is 7.19. The van der Waals surface area contributed by atoms with Crippen LogP contribution in [0.2, 0.25) is 0 Å². The van der Waals surface area contributed by atoms with E-state index in [4.69, 9.17) is 0 Å². The Balaban J connectivity index is 2.03. The minimum absolute atomic E-state index is 0.0951. The van der Waals surface area contributed by atoms with Gasteiger partial charge in [0.2, 0.25) is 0 Å². The van der Waals surface area contributed by atoms with E-state index in [-0.39, 0.29) is 12.6 Å². The largest absolute Gasteiger partial charge is 0.394 e. The zero-order valence-electron chi connectivity index (χ0n) is 10.6. The molecule has 0 saturated carbocycles. The lowest BCUT2D eigenvalue weighted by Gasteiger charge is -2.39. The van der Waals surface area contributed by atoms with Gasteiger partial charge < -0.3 is 14.9 Å². The minimum Gasteiger partial charge on any atom is -0.394 e. The molecular weight excluding hydrogens is 328 g/mol. The maximum Gasteiger partial charge on any atom is 0.150 e. The summed E-state index contributed by atoms with van der Waals surface area (Å²) in [5.41, 5.74) is 0.956. The van der Waals surface area contributed by atoms with Gasteiger partial charge in [-0.1, -0.05) is 0 Å². The molecule has 0 spiro atoms. The highest BCUT2D eigenvalue weighted by atomic mass is 79.9. The molecule has 7 heteroatoms.